The van der Waals surface area contributed by atoms with Gasteiger partial charge < -0.3 is 0 Å². The van der Waals surface area contributed by atoms with Gasteiger partial charge in [-0.05, 0) is 81.0 Å². The highest BCUT2D eigenvalue weighted by Gasteiger charge is 2.26. The maximum Gasteiger partial charge on any atom is 0.0434 e. The summed E-state index contributed by atoms with van der Waals surface area (Å²) in [6.45, 7) is 2.41. The molecule has 2 aliphatic rings. The van der Waals surface area contributed by atoms with Crippen LogP contribution in [0, 0.1) is 0 Å². The van der Waals surface area contributed by atoms with Crippen molar-refractivity contribution < 1.29 is 0 Å². The SMILES string of the molecule is CC1CC=Cc2c1c(-c1cccc3c1sc1ccccc13)c1ccccc1c2-c1ccc2c(c1)CCC=C2. The first-order chi connectivity index (χ1) is 18.8. The zero-order chi connectivity index (χ0) is 25.2. The highest BCUT2D eigenvalue weighted by Crippen LogP contribution is 2.50. The van der Waals surface area contributed by atoms with Gasteiger partial charge in [0.05, 0.1) is 0 Å². The summed E-state index contributed by atoms with van der Waals surface area (Å²) in [4.78, 5) is 0. The molecule has 0 N–H and O–H groups in total. The van der Waals surface area contributed by atoms with Crippen LogP contribution in [0.4, 0.5) is 0 Å². The van der Waals surface area contributed by atoms with Crippen LogP contribution in [-0.2, 0) is 6.42 Å². The zero-order valence-corrected chi connectivity index (χ0v) is 22.3. The Kier molecular flexibility index (Phi) is 4.97. The average molecular weight is 505 g/mol. The minimum Gasteiger partial charge on any atom is -0.135 e. The fourth-order valence-electron chi connectivity index (χ4n) is 6.81. The van der Waals surface area contributed by atoms with E-state index >= 15 is 0 Å². The van der Waals surface area contributed by atoms with Crippen LogP contribution in [0.5, 0.6) is 0 Å². The van der Waals surface area contributed by atoms with Gasteiger partial charge in [0.15, 0.2) is 0 Å². The summed E-state index contributed by atoms with van der Waals surface area (Å²) in [6, 6.07) is 32.0. The van der Waals surface area contributed by atoms with Crippen molar-refractivity contribution in [2.24, 2.45) is 0 Å². The number of allylic oxidation sites excluding steroid dienone is 2. The van der Waals surface area contributed by atoms with E-state index in [0.29, 0.717) is 5.92 Å². The molecule has 8 rings (SSSR count). The van der Waals surface area contributed by atoms with Crippen molar-refractivity contribution in [2.75, 3.05) is 0 Å². The zero-order valence-electron chi connectivity index (χ0n) is 21.5. The lowest BCUT2D eigenvalue weighted by molar-refractivity contribution is 0.775. The second-order valence-corrected chi connectivity index (χ2v) is 11.8. The second kappa shape index (κ2) is 8.55. The Balaban J connectivity index is 1.50. The van der Waals surface area contributed by atoms with Gasteiger partial charge in [-0.25, -0.2) is 0 Å². The molecule has 0 nitrogen and oxygen atoms in total. The van der Waals surface area contributed by atoms with Crippen molar-refractivity contribution in [1.82, 2.24) is 0 Å². The molecule has 5 aromatic carbocycles. The molecular weight excluding hydrogens is 476 g/mol. The van der Waals surface area contributed by atoms with Gasteiger partial charge in [0, 0.05) is 25.7 Å². The van der Waals surface area contributed by atoms with Crippen LogP contribution >= 0.6 is 11.3 Å². The van der Waals surface area contributed by atoms with E-state index in [1.807, 2.05) is 11.3 Å². The van der Waals surface area contributed by atoms with E-state index in [4.69, 9.17) is 0 Å². The highest BCUT2D eigenvalue weighted by molar-refractivity contribution is 7.26. The standard InChI is InChI=1S/C37H28S/c1-23-10-8-17-31-34(23)36(32-18-9-16-30-27-13-6-7-19-33(27)38-37(30)32)29-15-5-4-14-28(29)35(31)26-21-20-24-11-2-3-12-25(24)22-26/h2,4-9,11,13-23H,3,10,12H2,1H3. The lowest BCUT2D eigenvalue weighted by atomic mass is 9.76. The van der Waals surface area contributed by atoms with Gasteiger partial charge in [-0.2, -0.15) is 0 Å². The first-order valence-corrected chi connectivity index (χ1v) is 14.5. The van der Waals surface area contributed by atoms with Gasteiger partial charge in [-0.15, -0.1) is 11.3 Å². The fraction of sp³-hybridized carbons (Fsp3) is 0.135. The maximum atomic E-state index is 2.46. The van der Waals surface area contributed by atoms with Crippen molar-refractivity contribution in [3.05, 3.63) is 119 Å². The molecule has 182 valence electrons. The summed E-state index contributed by atoms with van der Waals surface area (Å²) in [7, 11) is 0. The summed E-state index contributed by atoms with van der Waals surface area (Å²) < 4.78 is 2.76. The van der Waals surface area contributed by atoms with Gasteiger partial charge in [0.2, 0.25) is 0 Å². The number of benzene rings is 5. The van der Waals surface area contributed by atoms with Crippen LogP contribution in [0.1, 0.15) is 47.9 Å². The van der Waals surface area contributed by atoms with Crippen LogP contribution in [0.25, 0.3) is 65.4 Å². The summed E-state index contributed by atoms with van der Waals surface area (Å²) in [5, 5.41) is 5.45. The molecular formula is C37H28S. The summed E-state index contributed by atoms with van der Waals surface area (Å²) in [5.74, 6) is 0.457. The number of hydrogen-bond donors (Lipinski definition) is 0. The summed E-state index contributed by atoms with van der Waals surface area (Å²) in [5.41, 5.74) is 11.3. The third kappa shape index (κ3) is 3.22. The van der Waals surface area contributed by atoms with Crippen LogP contribution in [0.15, 0.2) is 97.1 Å². The molecule has 1 heterocycles. The Hall–Kier alpha value is -3.94. The molecule has 0 bridgehead atoms. The molecule has 1 aromatic heterocycles. The Bertz CT molecular complexity index is 1960. The van der Waals surface area contributed by atoms with E-state index in [0.717, 1.165) is 19.3 Å². The third-order valence-corrected chi connectivity index (χ3v) is 9.76. The Morgan fingerprint density at radius 2 is 1.50 bits per heavy atom. The van der Waals surface area contributed by atoms with Crippen molar-refractivity contribution in [2.45, 2.75) is 32.1 Å². The molecule has 0 saturated heterocycles. The minimum atomic E-state index is 0.457. The number of hydrogen-bond acceptors (Lipinski definition) is 1. The van der Waals surface area contributed by atoms with E-state index in [2.05, 4.69) is 116 Å². The first kappa shape index (κ1) is 22.1. The average Bonchev–Trinajstić information content (AvgIpc) is 3.35. The molecule has 38 heavy (non-hydrogen) atoms. The first-order valence-electron chi connectivity index (χ1n) is 13.7. The quantitative estimate of drug-likeness (QED) is 0.220. The predicted octanol–water partition coefficient (Wildman–Crippen LogP) is 11.0. The number of aryl methyl sites for hydroxylation is 1. The van der Waals surface area contributed by atoms with Crippen molar-refractivity contribution in [3.8, 4) is 22.3 Å². The molecule has 0 spiro atoms. The highest BCUT2D eigenvalue weighted by atomic mass is 32.1. The van der Waals surface area contributed by atoms with E-state index in [1.165, 1.54) is 75.5 Å². The number of fused-ring (bicyclic) bond motifs is 6. The molecule has 0 amide bonds. The molecule has 1 atom stereocenters. The van der Waals surface area contributed by atoms with Gasteiger partial charge in [0.1, 0.15) is 0 Å². The normalized spacial score (nSPS) is 16.3. The molecule has 1 unspecified atom stereocenters. The topological polar surface area (TPSA) is 0 Å². The van der Waals surface area contributed by atoms with Gasteiger partial charge >= 0.3 is 0 Å². The lowest BCUT2D eigenvalue weighted by Gasteiger charge is -2.28. The smallest absolute Gasteiger partial charge is 0.0434 e. The van der Waals surface area contributed by atoms with E-state index in [1.54, 1.807) is 0 Å². The molecule has 0 aliphatic heterocycles. The van der Waals surface area contributed by atoms with Crippen LogP contribution in [-0.4, -0.2) is 0 Å². The van der Waals surface area contributed by atoms with Gasteiger partial charge in [-0.1, -0.05) is 110 Å². The van der Waals surface area contributed by atoms with Gasteiger partial charge in [-0.3, -0.25) is 0 Å². The van der Waals surface area contributed by atoms with Crippen molar-refractivity contribution in [3.63, 3.8) is 0 Å². The predicted molar refractivity (Wildman–Crippen MR) is 167 cm³/mol. The number of thiophene rings is 1. The van der Waals surface area contributed by atoms with Crippen LogP contribution in [0.3, 0.4) is 0 Å². The molecule has 0 radical (unpaired) electrons. The summed E-state index contributed by atoms with van der Waals surface area (Å²) >= 11 is 1.94. The second-order valence-electron chi connectivity index (χ2n) is 10.8. The summed E-state index contributed by atoms with van der Waals surface area (Å²) in [6.07, 6.45) is 12.7. The lowest BCUT2D eigenvalue weighted by Crippen LogP contribution is -2.06. The Morgan fingerprint density at radius 1 is 0.711 bits per heavy atom. The molecule has 2 aliphatic carbocycles. The Labute approximate surface area is 227 Å². The van der Waals surface area contributed by atoms with Crippen molar-refractivity contribution in [1.29, 1.82) is 0 Å². The third-order valence-electron chi connectivity index (χ3n) is 8.54. The van der Waals surface area contributed by atoms with Crippen LogP contribution in [0.2, 0.25) is 0 Å². The van der Waals surface area contributed by atoms with Gasteiger partial charge in [0.25, 0.3) is 0 Å². The van der Waals surface area contributed by atoms with Crippen molar-refractivity contribution >= 4 is 54.4 Å². The molecule has 6 aromatic rings. The minimum absolute atomic E-state index is 0.457. The molecule has 0 fully saturated rings. The molecule has 0 saturated carbocycles. The Morgan fingerprint density at radius 3 is 2.39 bits per heavy atom. The monoisotopic (exact) mass is 504 g/mol. The van der Waals surface area contributed by atoms with Crippen LogP contribution < -0.4 is 0 Å². The fourth-order valence-corrected chi connectivity index (χ4v) is 8.03. The largest absolute Gasteiger partial charge is 0.135 e. The van der Waals surface area contributed by atoms with E-state index < -0.39 is 0 Å². The van der Waals surface area contributed by atoms with E-state index in [-0.39, 0.29) is 0 Å². The molecule has 1 heteroatoms. The maximum absolute atomic E-state index is 2.46. The van der Waals surface area contributed by atoms with E-state index in [9.17, 15) is 0 Å². The number of rotatable bonds is 2.